The number of hydrogen-bond acceptors (Lipinski definition) is 3. The lowest BCUT2D eigenvalue weighted by atomic mass is 10.0. The molecule has 0 unspecified atom stereocenters. The number of pyridine rings is 1. The molecule has 1 aromatic heterocycles. The van der Waals surface area contributed by atoms with E-state index in [2.05, 4.69) is 28.2 Å². The van der Waals surface area contributed by atoms with E-state index in [4.69, 9.17) is 0 Å². The van der Waals surface area contributed by atoms with Gasteiger partial charge in [-0.1, -0.05) is 32.3 Å². The maximum absolute atomic E-state index is 12.6. The zero-order chi connectivity index (χ0) is 16.1. The molecule has 1 aliphatic carbocycles. The van der Waals surface area contributed by atoms with Gasteiger partial charge < -0.3 is 10.2 Å². The molecule has 1 saturated heterocycles. The highest BCUT2D eigenvalue weighted by Crippen LogP contribution is 2.28. The van der Waals surface area contributed by atoms with Crippen molar-refractivity contribution >= 4 is 5.91 Å². The van der Waals surface area contributed by atoms with E-state index < -0.39 is 0 Å². The predicted molar refractivity (Wildman–Crippen MR) is 92.0 cm³/mol. The van der Waals surface area contributed by atoms with Gasteiger partial charge in [-0.15, -0.1) is 0 Å². The van der Waals surface area contributed by atoms with E-state index in [1.807, 2.05) is 18.5 Å². The molecule has 0 spiro atoms. The van der Waals surface area contributed by atoms with Crippen LogP contribution in [0.25, 0.3) is 0 Å². The fourth-order valence-electron chi connectivity index (χ4n) is 4.03. The lowest BCUT2D eigenvalue weighted by molar-refractivity contribution is -0.134. The molecule has 3 rings (SSSR count). The Morgan fingerprint density at radius 3 is 2.91 bits per heavy atom. The minimum absolute atomic E-state index is 0.304. The molecule has 0 bridgehead atoms. The van der Waals surface area contributed by atoms with E-state index >= 15 is 0 Å². The van der Waals surface area contributed by atoms with Gasteiger partial charge in [0.25, 0.3) is 0 Å². The number of carbonyl (C=O) groups excluding carboxylic acids is 1. The van der Waals surface area contributed by atoms with E-state index in [9.17, 15) is 4.79 Å². The number of nitrogens with one attached hydrogen (secondary N) is 1. The summed E-state index contributed by atoms with van der Waals surface area (Å²) in [4.78, 5) is 18.9. The fourth-order valence-corrected chi connectivity index (χ4v) is 4.03. The molecule has 1 N–H and O–H groups in total. The van der Waals surface area contributed by atoms with E-state index in [-0.39, 0.29) is 0 Å². The summed E-state index contributed by atoms with van der Waals surface area (Å²) in [6.07, 6.45) is 11.8. The second-order valence-corrected chi connectivity index (χ2v) is 7.05. The van der Waals surface area contributed by atoms with E-state index in [0.717, 1.165) is 45.2 Å². The topological polar surface area (TPSA) is 45.2 Å². The first kappa shape index (κ1) is 16.4. The van der Waals surface area contributed by atoms with Crippen molar-refractivity contribution in [3.05, 3.63) is 30.1 Å². The third kappa shape index (κ3) is 4.11. The van der Waals surface area contributed by atoms with Crippen molar-refractivity contribution in [2.45, 2.75) is 64.0 Å². The zero-order valence-electron chi connectivity index (χ0n) is 14.2. The van der Waals surface area contributed by atoms with E-state index in [1.54, 1.807) is 0 Å². The zero-order valence-corrected chi connectivity index (χ0v) is 14.2. The van der Waals surface area contributed by atoms with Crippen molar-refractivity contribution in [1.82, 2.24) is 15.2 Å². The Bertz CT molecular complexity index is 499. The van der Waals surface area contributed by atoms with Crippen molar-refractivity contribution in [1.29, 1.82) is 0 Å². The summed E-state index contributed by atoms with van der Waals surface area (Å²) in [5.41, 5.74) is 1.26. The van der Waals surface area contributed by atoms with Gasteiger partial charge in [0.05, 0.1) is 0 Å². The normalized spacial score (nSPS) is 23.3. The molecule has 4 nitrogen and oxygen atoms in total. The maximum Gasteiger partial charge on any atom is 0.225 e. The summed E-state index contributed by atoms with van der Waals surface area (Å²) in [7, 11) is 0. The van der Waals surface area contributed by atoms with Crippen LogP contribution in [0.1, 0.15) is 63.5 Å². The van der Waals surface area contributed by atoms with E-state index in [1.165, 1.54) is 18.4 Å². The van der Waals surface area contributed by atoms with Crippen molar-refractivity contribution in [3.63, 3.8) is 0 Å². The Hall–Kier alpha value is -1.42. The van der Waals surface area contributed by atoms with Crippen LogP contribution in [0, 0.1) is 5.92 Å². The highest BCUT2D eigenvalue weighted by Gasteiger charge is 2.32. The van der Waals surface area contributed by atoms with Gasteiger partial charge in [-0.05, 0) is 37.3 Å². The molecular weight excluding hydrogens is 286 g/mol. The van der Waals surface area contributed by atoms with Gasteiger partial charge in [0.1, 0.15) is 0 Å². The Balaban J connectivity index is 1.56. The Kier molecular flexibility index (Phi) is 5.65. The summed E-state index contributed by atoms with van der Waals surface area (Å²) in [5, 5.41) is 3.77. The van der Waals surface area contributed by atoms with Crippen molar-refractivity contribution in [2.24, 2.45) is 5.92 Å². The predicted octanol–water partition coefficient (Wildman–Crippen LogP) is 3.30. The summed E-state index contributed by atoms with van der Waals surface area (Å²) in [6, 6.07) is 4.92. The van der Waals surface area contributed by atoms with Gasteiger partial charge in [-0.2, -0.15) is 0 Å². The highest BCUT2D eigenvalue weighted by molar-refractivity contribution is 5.79. The molecule has 1 saturated carbocycles. The number of hydrogen-bond donors (Lipinski definition) is 1. The highest BCUT2D eigenvalue weighted by atomic mass is 16.2. The lowest BCUT2D eigenvalue weighted by Gasteiger charge is -2.24. The Morgan fingerprint density at radius 1 is 1.39 bits per heavy atom. The molecule has 2 aliphatic rings. The second kappa shape index (κ2) is 7.91. The number of likely N-dealkylation sites (tertiary alicyclic amines) is 1. The third-order valence-electron chi connectivity index (χ3n) is 5.31. The molecule has 0 aromatic carbocycles. The third-order valence-corrected chi connectivity index (χ3v) is 5.31. The van der Waals surface area contributed by atoms with Crippen molar-refractivity contribution < 1.29 is 4.79 Å². The van der Waals surface area contributed by atoms with Crippen molar-refractivity contribution in [3.8, 4) is 0 Å². The number of amides is 1. The SMILES string of the molecule is CCC[C@H](N[C@H]1CCN(C(=O)C2CCCC2)C1)c1cccnc1. The Morgan fingerprint density at radius 2 is 2.22 bits per heavy atom. The van der Waals surface area contributed by atoms with Crippen molar-refractivity contribution in [2.75, 3.05) is 13.1 Å². The van der Waals surface area contributed by atoms with Gasteiger partial charge in [-0.25, -0.2) is 0 Å². The van der Waals surface area contributed by atoms with Crippen LogP contribution in [-0.2, 0) is 4.79 Å². The summed E-state index contributed by atoms with van der Waals surface area (Å²) in [5.74, 6) is 0.707. The average Bonchev–Trinajstić information content (AvgIpc) is 3.27. The average molecular weight is 315 g/mol. The second-order valence-electron chi connectivity index (χ2n) is 7.05. The molecule has 126 valence electrons. The van der Waals surface area contributed by atoms with Crippen LogP contribution in [0.2, 0.25) is 0 Å². The van der Waals surface area contributed by atoms with Gasteiger partial charge in [0.2, 0.25) is 5.91 Å². The van der Waals surface area contributed by atoms with Crippen LogP contribution < -0.4 is 5.32 Å². The van der Waals surface area contributed by atoms with Crippen LogP contribution in [0.4, 0.5) is 0 Å². The van der Waals surface area contributed by atoms with Gasteiger partial charge in [-0.3, -0.25) is 9.78 Å². The number of nitrogens with zero attached hydrogens (tertiary/aromatic N) is 2. The monoisotopic (exact) mass is 315 g/mol. The first-order chi connectivity index (χ1) is 11.3. The molecule has 1 amide bonds. The minimum Gasteiger partial charge on any atom is -0.341 e. The number of rotatable bonds is 6. The molecule has 0 radical (unpaired) electrons. The smallest absolute Gasteiger partial charge is 0.225 e. The minimum atomic E-state index is 0.304. The molecule has 2 atom stereocenters. The standard InChI is InChI=1S/C19H29N3O/c1-2-6-18(16-9-5-11-20-13-16)21-17-10-12-22(14-17)19(23)15-7-3-4-8-15/h5,9,11,13,15,17-18,21H,2-4,6-8,10,12,14H2,1H3/t17-,18-/m0/s1. The summed E-state index contributed by atoms with van der Waals surface area (Å²) < 4.78 is 0. The largest absolute Gasteiger partial charge is 0.341 e. The quantitative estimate of drug-likeness (QED) is 0.876. The van der Waals surface area contributed by atoms with Crippen LogP contribution in [0.3, 0.4) is 0 Å². The molecule has 1 aliphatic heterocycles. The number of carbonyl (C=O) groups is 1. The van der Waals surface area contributed by atoms with Gasteiger partial charge >= 0.3 is 0 Å². The maximum atomic E-state index is 12.6. The summed E-state index contributed by atoms with van der Waals surface area (Å²) >= 11 is 0. The fraction of sp³-hybridized carbons (Fsp3) is 0.684. The van der Waals surface area contributed by atoms with E-state index in [0.29, 0.717) is 23.9 Å². The van der Waals surface area contributed by atoms with Crippen LogP contribution in [0.5, 0.6) is 0 Å². The van der Waals surface area contributed by atoms with Gasteiger partial charge in [0, 0.05) is 43.5 Å². The van der Waals surface area contributed by atoms with Gasteiger partial charge in [0.15, 0.2) is 0 Å². The lowest BCUT2D eigenvalue weighted by Crippen LogP contribution is -2.38. The Labute approximate surface area is 139 Å². The van der Waals surface area contributed by atoms with Crippen LogP contribution >= 0.6 is 0 Å². The van der Waals surface area contributed by atoms with Crippen LogP contribution in [-0.4, -0.2) is 34.9 Å². The number of aromatic nitrogens is 1. The molecule has 2 heterocycles. The molecule has 4 heteroatoms. The summed E-state index contributed by atoms with van der Waals surface area (Å²) in [6.45, 7) is 4.00. The first-order valence-corrected chi connectivity index (χ1v) is 9.22. The molecule has 23 heavy (non-hydrogen) atoms. The van der Waals surface area contributed by atoms with Crippen LogP contribution in [0.15, 0.2) is 24.5 Å². The molecule has 1 aromatic rings. The first-order valence-electron chi connectivity index (χ1n) is 9.22. The molecular formula is C19H29N3O. The molecule has 2 fully saturated rings.